The van der Waals surface area contributed by atoms with Gasteiger partial charge in [0.2, 0.25) is 0 Å². The quantitative estimate of drug-likeness (QED) is 0.814. The highest BCUT2D eigenvalue weighted by Gasteiger charge is 2.26. The Kier molecular flexibility index (Phi) is 6.27. The van der Waals surface area contributed by atoms with Gasteiger partial charge in [0.1, 0.15) is 5.82 Å². The molecule has 0 aliphatic carbocycles. The molecule has 3 amide bonds. The van der Waals surface area contributed by atoms with Gasteiger partial charge in [0.25, 0.3) is 5.91 Å². The second-order valence-electron chi connectivity index (χ2n) is 6.46. The Balaban J connectivity index is 1.53. The summed E-state index contributed by atoms with van der Waals surface area (Å²) in [7, 11) is 0. The molecule has 0 aromatic carbocycles. The van der Waals surface area contributed by atoms with Gasteiger partial charge in [-0.1, -0.05) is 19.4 Å². The summed E-state index contributed by atoms with van der Waals surface area (Å²) in [4.78, 5) is 27.4. The van der Waals surface area contributed by atoms with Crippen LogP contribution in [-0.2, 0) is 6.54 Å². The standard InChI is InChI=1S/C18H25N5O2S/c1-2-3-11-23-16(8-9-19-23)21-18(25)20-14-6-4-10-22(13-14)17(24)15-7-5-12-26-15/h5,7-9,12,14H,2-4,6,10-11,13H2,1H3,(H2,20,21,25)/t14-/m1/s1. The molecule has 7 nitrogen and oxygen atoms in total. The van der Waals surface area contributed by atoms with Crippen LogP contribution in [0.1, 0.15) is 42.3 Å². The molecule has 0 radical (unpaired) electrons. The minimum atomic E-state index is -0.251. The molecule has 0 saturated carbocycles. The summed E-state index contributed by atoms with van der Waals surface area (Å²) >= 11 is 1.45. The summed E-state index contributed by atoms with van der Waals surface area (Å²) in [6.07, 6.45) is 5.53. The summed E-state index contributed by atoms with van der Waals surface area (Å²) in [5, 5.41) is 12.0. The zero-order chi connectivity index (χ0) is 18.4. The molecule has 1 fully saturated rings. The van der Waals surface area contributed by atoms with E-state index in [0.717, 1.165) is 43.6 Å². The summed E-state index contributed by atoms with van der Waals surface area (Å²) in [5.41, 5.74) is 0. The summed E-state index contributed by atoms with van der Waals surface area (Å²) in [6.45, 7) is 4.18. The third kappa shape index (κ3) is 4.63. The Hall–Kier alpha value is -2.35. The van der Waals surface area contributed by atoms with Crippen LogP contribution in [0.3, 0.4) is 0 Å². The van der Waals surface area contributed by atoms with Crippen molar-refractivity contribution in [2.45, 2.75) is 45.2 Å². The van der Waals surface area contributed by atoms with E-state index >= 15 is 0 Å². The lowest BCUT2D eigenvalue weighted by Crippen LogP contribution is -2.50. The summed E-state index contributed by atoms with van der Waals surface area (Å²) in [6, 6.07) is 5.22. The second kappa shape index (κ2) is 8.84. The van der Waals surface area contributed by atoms with Crippen molar-refractivity contribution in [2.24, 2.45) is 0 Å². The SMILES string of the molecule is CCCCn1nccc1NC(=O)N[C@@H]1CCCN(C(=O)c2cccs2)C1. The highest BCUT2D eigenvalue weighted by atomic mass is 32.1. The lowest BCUT2D eigenvalue weighted by atomic mass is 10.1. The summed E-state index contributed by atoms with van der Waals surface area (Å²) in [5.74, 6) is 0.739. The van der Waals surface area contributed by atoms with Crippen molar-refractivity contribution in [3.63, 3.8) is 0 Å². The van der Waals surface area contributed by atoms with E-state index in [1.165, 1.54) is 11.3 Å². The van der Waals surface area contributed by atoms with Gasteiger partial charge in [0, 0.05) is 31.7 Å². The monoisotopic (exact) mass is 375 g/mol. The van der Waals surface area contributed by atoms with E-state index in [1.54, 1.807) is 16.9 Å². The van der Waals surface area contributed by atoms with Crippen LogP contribution in [0.5, 0.6) is 0 Å². The zero-order valence-corrected chi connectivity index (χ0v) is 15.8. The number of carbonyl (C=O) groups is 2. The number of rotatable bonds is 6. The number of piperidine rings is 1. The van der Waals surface area contributed by atoms with E-state index in [-0.39, 0.29) is 18.0 Å². The van der Waals surface area contributed by atoms with E-state index in [4.69, 9.17) is 0 Å². The number of thiophene rings is 1. The van der Waals surface area contributed by atoms with Gasteiger partial charge in [-0.05, 0) is 30.7 Å². The minimum absolute atomic E-state index is 0.0420. The molecule has 3 rings (SSSR count). The molecule has 3 heterocycles. The number of hydrogen-bond donors (Lipinski definition) is 2. The molecule has 1 aliphatic heterocycles. The third-order valence-corrected chi connectivity index (χ3v) is 5.32. The van der Waals surface area contributed by atoms with Crippen LogP contribution in [0.2, 0.25) is 0 Å². The second-order valence-corrected chi connectivity index (χ2v) is 7.41. The van der Waals surface area contributed by atoms with Crippen LogP contribution < -0.4 is 10.6 Å². The number of nitrogens with zero attached hydrogens (tertiary/aromatic N) is 3. The van der Waals surface area contributed by atoms with Crippen molar-refractivity contribution in [3.05, 3.63) is 34.7 Å². The van der Waals surface area contributed by atoms with E-state index < -0.39 is 0 Å². The number of nitrogens with one attached hydrogen (secondary N) is 2. The van der Waals surface area contributed by atoms with Crippen LogP contribution in [0, 0.1) is 0 Å². The number of aromatic nitrogens is 2. The minimum Gasteiger partial charge on any atom is -0.336 e. The predicted molar refractivity (Wildman–Crippen MR) is 103 cm³/mol. The summed E-state index contributed by atoms with van der Waals surface area (Å²) < 4.78 is 1.80. The normalized spacial score (nSPS) is 17.1. The van der Waals surface area contributed by atoms with Crippen LogP contribution in [-0.4, -0.2) is 45.8 Å². The molecule has 0 unspecified atom stereocenters. The van der Waals surface area contributed by atoms with Crippen molar-refractivity contribution in [1.29, 1.82) is 0 Å². The number of anilines is 1. The average molecular weight is 375 g/mol. The maximum absolute atomic E-state index is 12.5. The van der Waals surface area contributed by atoms with E-state index in [9.17, 15) is 9.59 Å². The fraction of sp³-hybridized carbons (Fsp3) is 0.500. The average Bonchev–Trinajstić information content (AvgIpc) is 3.31. The molecule has 140 valence electrons. The largest absolute Gasteiger partial charge is 0.336 e. The number of hydrogen-bond acceptors (Lipinski definition) is 4. The maximum Gasteiger partial charge on any atom is 0.320 e. The molecule has 1 atom stereocenters. The number of unbranched alkanes of at least 4 members (excludes halogenated alkanes) is 1. The lowest BCUT2D eigenvalue weighted by Gasteiger charge is -2.33. The van der Waals surface area contributed by atoms with Gasteiger partial charge in [-0.25, -0.2) is 9.48 Å². The van der Waals surface area contributed by atoms with Crippen LogP contribution >= 0.6 is 11.3 Å². The van der Waals surface area contributed by atoms with Gasteiger partial charge >= 0.3 is 6.03 Å². The molecule has 2 aromatic heterocycles. The van der Waals surface area contributed by atoms with Gasteiger partial charge in [-0.15, -0.1) is 11.3 Å². The fourth-order valence-corrected chi connectivity index (χ4v) is 3.79. The Morgan fingerprint density at radius 2 is 2.27 bits per heavy atom. The smallest absolute Gasteiger partial charge is 0.320 e. The Morgan fingerprint density at radius 1 is 1.38 bits per heavy atom. The molecular formula is C18H25N5O2S. The van der Waals surface area contributed by atoms with Gasteiger partial charge in [0.15, 0.2) is 0 Å². The van der Waals surface area contributed by atoms with Gasteiger partial charge in [-0.2, -0.15) is 5.10 Å². The van der Waals surface area contributed by atoms with Crippen molar-refractivity contribution in [3.8, 4) is 0 Å². The van der Waals surface area contributed by atoms with Crippen LogP contribution in [0.4, 0.5) is 10.6 Å². The number of urea groups is 1. The van der Waals surface area contributed by atoms with E-state index in [2.05, 4.69) is 22.7 Å². The zero-order valence-electron chi connectivity index (χ0n) is 15.0. The highest BCUT2D eigenvalue weighted by Crippen LogP contribution is 2.17. The first kappa shape index (κ1) is 18.4. The first-order valence-corrected chi connectivity index (χ1v) is 9.97. The Bertz CT molecular complexity index is 728. The predicted octanol–water partition coefficient (Wildman–Crippen LogP) is 3.17. The fourth-order valence-electron chi connectivity index (χ4n) is 3.10. The topological polar surface area (TPSA) is 79.3 Å². The van der Waals surface area contributed by atoms with Crippen molar-refractivity contribution < 1.29 is 9.59 Å². The number of amides is 3. The van der Waals surface area contributed by atoms with Crippen LogP contribution in [0.15, 0.2) is 29.8 Å². The molecule has 8 heteroatoms. The van der Waals surface area contributed by atoms with Crippen molar-refractivity contribution in [1.82, 2.24) is 20.0 Å². The maximum atomic E-state index is 12.5. The number of likely N-dealkylation sites (tertiary alicyclic amines) is 1. The molecule has 0 spiro atoms. The van der Waals surface area contributed by atoms with E-state index in [1.807, 2.05) is 22.4 Å². The first-order valence-electron chi connectivity index (χ1n) is 9.09. The molecule has 2 aromatic rings. The van der Waals surface area contributed by atoms with Crippen molar-refractivity contribution in [2.75, 3.05) is 18.4 Å². The molecule has 1 aliphatic rings. The molecule has 0 bridgehead atoms. The Morgan fingerprint density at radius 3 is 3.04 bits per heavy atom. The van der Waals surface area contributed by atoms with Crippen molar-refractivity contribution >= 4 is 29.1 Å². The molecule has 1 saturated heterocycles. The van der Waals surface area contributed by atoms with Gasteiger partial charge < -0.3 is 10.2 Å². The third-order valence-electron chi connectivity index (χ3n) is 4.46. The molecular weight excluding hydrogens is 350 g/mol. The molecule has 2 N–H and O–H groups in total. The lowest BCUT2D eigenvalue weighted by molar-refractivity contribution is 0.0703. The molecule has 26 heavy (non-hydrogen) atoms. The van der Waals surface area contributed by atoms with E-state index in [0.29, 0.717) is 12.4 Å². The van der Waals surface area contributed by atoms with Crippen LogP contribution in [0.25, 0.3) is 0 Å². The van der Waals surface area contributed by atoms with Gasteiger partial charge in [0.05, 0.1) is 11.1 Å². The first-order chi connectivity index (χ1) is 12.7. The van der Waals surface area contributed by atoms with Gasteiger partial charge in [-0.3, -0.25) is 10.1 Å². The Labute approximate surface area is 157 Å². The number of aryl methyl sites for hydroxylation is 1. The number of carbonyl (C=O) groups excluding carboxylic acids is 2. The highest BCUT2D eigenvalue weighted by molar-refractivity contribution is 7.12.